The van der Waals surface area contributed by atoms with E-state index < -0.39 is 0 Å². The lowest BCUT2D eigenvalue weighted by molar-refractivity contribution is 0.0643. The summed E-state index contributed by atoms with van der Waals surface area (Å²) in [6.07, 6.45) is 4.28. The van der Waals surface area contributed by atoms with Gasteiger partial charge in [0.15, 0.2) is 0 Å². The van der Waals surface area contributed by atoms with Crippen LogP contribution >= 0.6 is 24.0 Å². The minimum Gasteiger partial charge on any atom is -0.494 e. The van der Waals surface area contributed by atoms with Crippen molar-refractivity contribution in [2.24, 2.45) is 10.9 Å². The van der Waals surface area contributed by atoms with Crippen molar-refractivity contribution in [2.75, 3.05) is 13.2 Å². The lowest BCUT2D eigenvalue weighted by atomic mass is 10.1. The first-order chi connectivity index (χ1) is 15.3. The second-order valence-corrected chi connectivity index (χ2v) is 8.55. The van der Waals surface area contributed by atoms with Crippen LogP contribution in [0.15, 0.2) is 47.6 Å². The number of halogens is 2. The van der Waals surface area contributed by atoms with E-state index in [1.807, 2.05) is 69.0 Å². The van der Waals surface area contributed by atoms with Gasteiger partial charge in [-0.2, -0.15) is 5.10 Å². The van der Waals surface area contributed by atoms with Crippen LogP contribution in [0, 0.1) is 0 Å². The highest BCUT2D eigenvalue weighted by molar-refractivity contribution is 6.33. The Hall–Kier alpha value is -2.44. The SMILES string of the molecule is CC(C)N(C(=O)c1cccc(OCCCCCOc2ccc(C=NN)c(Cl)c2)c1)C(C)C.Cl. The van der Waals surface area contributed by atoms with Gasteiger partial charge in [0.1, 0.15) is 11.5 Å². The van der Waals surface area contributed by atoms with Crippen LogP contribution in [0.2, 0.25) is 5.02 Å². The van der Waals surface area contributed by atoms with Crippen LogP contribution < -0.4 is 15.3 Å². The topological polar surface area (TPSA) is 77.2 Å². The number of hydrogen-bond acceptors (Lipinski definition) is 5. The smallest absolute Gasteiger partial charge is 0.254 e. The van der Waals surface area contributed by atoms with Crippen molar-refractivity contribution in [1.82, 2.24) is 4.90 Å². The molecule has 33 heavy (non-hydrogen) atoms. The van der Waals surface area contributed by atoms with Crippen molar-refractivity contribution in [3.63, 3.8) is 0 Å². The number of nitrogens with zero attached hydrogens (tertiary/aromatic N) is 2. The summed E-state index contributed by atoms with van der Waals surface area (Å²) in [7, 11) is 0. The molecule has 182 valence electrons. The van der Waals surface area contributed by atoms with Crippen LogP contribution in [0.5, 0.6) is 11.5 Å². The van der Waals surface area contributed by atoms with Crippen molar-refractivity contribution < 1.29 is 14.3 Å². The number of ether oxygens (including phenoxy) is 2. The monoisotopic (exact) mass is 495 g/mol. The van der Waals surface area contributed by atoms with Gasteiger partial charge in [0, 0.05) is 23.2 Å². The average molecular weight is 496 g/mol. The van der Waals surface area contributed by atoms with Crippen LogP contribution in [-0.2, 0) is 0 Å². The Kier molecular flexibility index (Phi) is 12.7. The third-order valence-electron chi connectivity index (χ3n) is 4.94. The van der Waals surface area contributed by atoms with Crippen molar-refractivity contribution >= 4 is 36.1 Å². The summed E-state index contributed by atoms with van der Waals surface area (Å²) in [4.78, 5) is 14.7. The number of carbonyl (C=O) groups excluding carboxylic acids is 1. The van der Waals surface area contributed by atoms with E-state index in [-0.39, 0.29) is 30.4 Å². The number of benzene rings is 2. The minimum absolute atomic E-state index is 0. The predicted octanol–water partition coefficient (Wildman–Crippen LogP) is 5.94. The minimum atomic E-state index is 0. The molecular weight excluding hydrogens is 461 g/mol. The zero-order chi connectivity index (χ0) is 23.5. The van der Waals surface area contributed by atoms with Crippen LogP contribution in [0.4, 0.5) is 0 Å². The van der Waals surface area contributed by atoms with Gasteiger partial charge in [0.25, 0.3) is 5.91 Å². The summed E-state index contributed by atoms with van der Waals surface area (Å²) in [6.45, 7) is 9.31. The third-order valence-corrected chi connectivity index (χ3v) is 5.27. The zero-order valence-electron chi connectivity index (χ0n) is 19.8. The summed E-state index contributed by atoms with van der Waals surface area (Å²) >= 11 is 6.16. The standard InChI is InChI=1S/C25H34ClN3O3.ClH/c1-18(2)29(19(3)4)25(30)20-9-8-10-22(15-20)31-13-6-5-7-14-32-23-12-11-21(17-28-27)24(26)16-23;/h8-12,15-19H,5-7,13-14,27H2,1-4H3;1H. The predicted molar refractivity (Wildman–Crippen MR) is 138 cm³/mol. The van der Waals surface area contributed by atoms with Gasteiger partial charge in [-0.05, 0) is 83.4 Å². The molecule has 0 saturated carbocycles. The average Bonchev–Trinajstić information content (AvgIpc) is 2.74. The lowest BCUT2D eigenvalue weighted by Gasteiger charge is -2.31. The molecule has 0 atom stereocenters. The van der Waals surface area contributed by atoms with Gasteiger partial charge in [-0.3, -0.25) is 4.79 Å². The molecule has 2 rings (SSSR count). The number of amides is 1. The number of unbranched alkanes of at least 4 members (excludes halogenated alkanes) is 2. The second-order valence-electron chi connectivity index (χ2n) is 8.15. The van der Waals surface area contributed by atoms with Crippen LogP contribution in [-0.4, -0.2) is 42.3 Å². The maximum absolute atomic E-state index is 12.9. The molecule has 0 radical (unpaired) electrons. The summed E-state index contributed by atoms with van der Waals surface area (Å²) < 4.78 is 11.6. The summed E-state index contributed by atoms with van der Waals surface area (Å²) in [5.41, 5.74) is 1.41. The maximum atomic E-state index is 12.9. The van der Waals surface area contributed by atoms with Gasteiger partial charge in [0.05, 0.1) is 24.5 Å². The van der Waals surface area contributed by atoms with E-state index >= 15 is 0 Å². The molecule has 1 amide bonds. The molecule has 0 spiro atoms. The summed E-state index contributed by atoms with van der Waals surface area (Å²) in [6, 6.07) is 13.1. The van der Waals surface area contributed by atoms with Gasteiger partial charge in [-0.15, -0.1) is 12.4 Å². The quantitative estimate of drug-likeness (QED) is 0.171. The van der Waals surface area contributed by atoms with Crippen LogP contribution in [0.25, 0.3) is 0 Å². The largest absolute Gasteiger partial charge is 0.494 e. The third kappa shape index (κ3) is 9.14. The van der Waals surface area contributed by atoms with E-state index in [2.05, 4.69) is 5.10 Å². The number of carbonyl (C=O) groups is 1. The molecule has 0 aliphatic rings. The normalized spacial score (nSPS) is 11.0. The molecular formula is C25H35Cl2N3O3. The fraction of sp³-hybridized carbons (Fsp3) is 0.440. The first kappa shape index (κ1) is 28.6. The van der Waals surface area contributed by atoms with E-state index in [4.69, 9.17) is 26.9 Å². The Balaban J connectivity index is 0.00000544. The molecule has 0 fully saturated rings. The van der Waals surface area contributed by atoms with Gasteiger partial charge in [-0.1, -0.05) is 17.7 Å². The fourth-order valence-electron chi connectivity index (χ4n) is 3.48. The molecule has 0 heterocycles. The van der Waals surface area contributed by atoms with E-state index in [1.165, 1.54) is 6.21 Å². The molecule has 2 aromatic carbocycles. The van der Waals surface area contributed by atoms with Crippen molar-refractivity contribution in [1.29, 1.82) is 0 Å². The van der Waals surface area contributed by atoms with Gasteiger partial charge in [-0.25, -0.2) is 0 Å². The van der Waals surface area contributed by atoms with E-state index in [0.29, 0.717) is 23.8 Å². The Bertz CT molecular complexity index is 896. The van der Waals surface area contributed by atoms with Crippen molar-refractivity contribution in [3.05, 3.63) is 58.6 Å². The zero-order valence-corrected chi connectivity index (χ0v) is 21.4. The second kappa shape index (κ2) is 14.7. The number of hydrazone groups is 1. The highest BCUT2D eigenvalue weighted by Gasteiger charge is 2.21. The van der Waals surface area contributed by atoms with Crippen molar-refractivity contribution in [3.8, 4) is 11.5 Å². The molecule has 8 heteroatoms. The first-order valence-corrected chi connectivity index (χ1v) is 11.4. The van der Waals surface area contributed by atoms with Gasteiger partial charge >= 0.3 is 0 Å². The number of hydrogen-bond donors (Lipinski definition) is 1. The van der Waals surface area contributed by atoms with Gasteiger partial charge < -0.3 is 20.2 Å². The highest BCUT2D eigenvalue weighted by Crippen LogP contribution is 2.22. The maximum Gasteiger partial charge on any atom is 0.254 e. The van der Waals surface area contributed by atoms with E-state index in [0.717, 1.165) is 36.3 Å². The number of nitrogens with two attached hydrogens (primary N) is 1. The Morgan fingerprint density at radius 3 is 2.15 bits per heavy atom. The molecule has 0 aromatic heterocycles. The Morgan fingerprint density at radius 2 is 1.61 bits per heavy atom. The van der Waals surface area contributed by atoms with E-state index in [1.54, 1.807) is 6.07 Å². The Morgan fingerprint density at radius 1 is 1.00 bits per heavy atom. The molecule has 0 aliphatic carbocycles. The molecule has 2 aromatic rings. The first-order valence-electron chi connectivity index (χ1n) is 11.0. The van der Waals surface area contributed by atoms with Crippen LogP contribution in [0.3, 0.4) is 0 Å². The highest BCUT2D eigenvalue weighted by atomic mass is 35.5. The molecule has 0 unspecified atom stereocenters. The summed E-state index contributed by atoms with van der Waals surface area (Å²) in [5, 5.41) is 4.03. The fourth-order valence-corrected chi connectivity index (χ4v) is 3.70. The lowest BCUT2D eigenvalue weighted by Crippen LogP contribution is -2.42. The summed E-state index contributed by atoms with van der Waals surface area (Å²) in [5.74, 6) is 6.62. The van der Waals surface area contributed by atoms with E-state index in [9.17, 15) is 4.79 Å². The Labute approximate surface area is 208 Å². The van der Waals surface area contributed by atoms with Crippen molar-refractivity contribution in [2.45, 2.75) is 59.0 Å². The number of rotatable bonds is 12. The molecule has 0 bridgehead atoms. The molecule has 0 aliphatic heterocycles. The molecule has 6 nitrogen and oxygen atoms in total. The van der Waals surface area contributed by atoms with Gasteiger partial charge in [0.2, 0.25) is 0 Å². The van der Waals surface area contributed by atoms with Crippen LogP contribution in [0.1, 0.15) is 62.9 Å². The molecule has 0 saturated heterocycles. The molecule has 2 N–H and O–H groups in total.